The molecule has 1 aromatic carbocycles. The van der Waals surface area contributed by atoms with Crippen LogP contribution in [0.25, 0.3) is 0 Å². The van der Waals surface area contributed by atoms with Crippen LogP contribution in [0, 0.1) is 15.9 Å². The minimum Gasteiger partial charge on any atom is -0.466 e. The quantitative estimate of drug-likeness (QED) is 0.263. The van der Waals surface area contributed by atoms with Gasteiger partial charge in [-0.3, -0.25) is 19.7 Å². The summed E-state index contributed by atoms with van der Waals surface area (Å²) in [6.45, 7) is 1.62. The van der Waals surface area contributed by atoms with Crippen LogP contribution in [0.5, 0.6) is 0 Å². The average molecular weight is 255 g/mol. The van der Waals surface area contributed by atoms with Crippen molar-refractivity contribution in [1.82, 2.24) is 0 Å². The molecule has 0 aliphatic rings. The largest absolute Gasteiger partial charge is 0.466 e. The number of nitro groups is 1. The van der Waals surface area contributed by atoms with E-state index in [-0.39, 0.29) is 6.61 Å². The SMILES string of the molecule is CCOC(=O)CC(=O)c1c(F)cccc1[N+](=O)[O-]. The Labute approximate surface area is 102 Å². The molecule has 0 aliphatic heterocycles. The zero-order valence-corrected chi connectivity index (χ0v) is 9.51. The molecular formula is C11H10FNO5. The van der Waals surface area contributed by atoms with Crippen molar-refractivity contribution in [2.24, 2.45) is 0 Å². The van der Waals surface area contributed by atoms with Crippen LogP contribution < -0.4 is 0 Å². The fraction of sp³-hybridized carbons (Fsp3) is 0.273. The number of halogens is 1. The first-order chi connectivity index (χ1) is 8.47. The van der Waals surface area contributed by atoms with Crippen LogP contribution in [0.3, 0.4) is 0 Å². The van der Waals surface area contributed by atoms with E-state index in [2.05, 4.69) is 4.74 Å². The van der Waals surface area contributed by atoms with Crippen molar-refractivity contribution in [1.29, 1.82) is 0 Å². The van der Waals surface area contributed by atoms with Crippen LogP contribution in [-0.4, -0.2) is 23.3 Å². The Bertz CT molecular complexity index is 500. The second-order valence-corrected chi connectivity index (χ2v) is 3.30. The Morgan fingerprint density at radius 3 is 2.67 bits per heavy atom. The number of ether oxygens (including phenoxy) is 1. The highest BCUT2D eigenvalue weighted by atomic mass is 19.1. The first kappa shape index (κ1) is 13.8. The first-order valence-electron chi connectivity index (χ1n) is 5.09. The van der Waals surface area contributed by atoms with Crippen molar-refractivity contribution in [3.8, 4) is 0 Å². The smallest absolute Gasteiger partial charge is 0.313 e. The van der Waals surface area contributed by atoms with Crippen molar-refractivity contribution in [2.75, 3.05) is 6.61 Å². The van der Waals surface area contributed by atoms with Crippen molar-refractivity contribution in [3.05, 3.63) is 39.7 Å². The lowest BCUT2D eigenvalue weighted by atomic mass is 10.1. The molecule has 0 N–H and O–H groups in total. The Hall–Kier alpha value is -2.31. The van der Waals surface area contributed by atoms with E-state index in [1.54, 1.807) is 6.92 Å². The Balaban J connectivity index is 3.05. The molecule has 0 unspecified atom stereocenters. The molecule has 0 saturated heterocycles. The minimum absolute atomic E-state index is 0.0749. The normalized spacial score (nSPS) is 9.89. The van der Waals surface area contributed by atoms with Gasteiger partial charge in [0.05, 0.1) is 11.5 Å². The van der Waals surface area contributed by atoms with Crippen molar-refractivity contribution in [3.63, 3.8) is 0 Å². The van der Waals surface area contributed by atoms with E-state index in [0.29, 0.717) is 0 Å². The molecule has 0 amide bonds. The lowest BCUT2D eigenvalue weighted by Crippen LogP contribution is -2.14. The number of Topliss-reactive ketones (excluding diaryl/α,β-unsaturated/α-hetero) is 1. The summed E-state index contributed by atoms with van der Waals surface area (Å²) in [5.74, 6) is -2.85. The number of rotatable bonds is 5. The molecule has 0 fully saturated rings. The lowest BCUT2D eigenvalue weighted by Gasteiger charge is -2.03. The number of benzene rings is 1. The standard InChI is InChI=1S/C11H10FNO5/c1-2-18-10(15)6-9(14)11-7(12)4-3-5-8(11)13(16)17/h3-5H,2,6H2,1H3. The van der Waals surface area contributed by atoms with E-state index in [9.17, 15) is 24.1 Å². The highest BCUT2D eigenvalue weighted by molar-refractivity contribution is 6.08. The number of carbonyl (C=O) groups excluding carboxylic acids is 2. The summed E-state index contributed by atoms with van der Waals surface area (Å²) in [6.07, 6.45) is -0.727. The Morgan fingerprint density at radius 1 is 1.44 bits per heavy atom. The van der Waals surface area contributed by atoms with Crippen LogP contribution in [0.1, 0.15) is 23.7 Å². The zero-order chi connectivity index (χ0) is 13.7. The summed E-state index contributed by atoms with van der Waals surface area (Å²) in [4.78, 5) is 32.5. The Kier molecular flexibility index (Phi) is 4.47. The molecule has 0 spiro atoms. The summed E-state index contributed by atoms with van der Waals surface area (Å²) in [5, 5.41) is 10.7. The number of nitro benzene ring substituents is 1. The molecule has 7 heteroatoms. The van der Waals surface area contributed by atoms with Crippen LogP contribution in [-0.2, 0) is 9.53 Å². The topological polar surface area (TPSA) is 86.5 Å². The van der Waals surface area contributed by atoms with E-state index < -0.39 is 40.2 Å². The van der Waals surface area contributed by atoms with Gasteiger partial charge in [-0.05, 0) is 13.0 Å². The molecule has 0 heterocycles. The van der Waals surface area contributed by atoms with Gasteiger partial charge in [-0.2, -0.15) is 0 Å². The van der Waals surface area contributed by atoms with E-state index in [1.165, 1.54) is 0 Å². The molecule has 0 radical (unpaired) electrons. The summed E-state index contributed by atoms with van der Waals surface area (Å²) in [7, 11) is 0. The van der Waals surface area contributed by atoms with Crippen LogP contribution in [0.2, 0.25) is 0 Å². The van der Waals surface area contributed by atoms with Gasteiger partial charge >= 0.3 is 5.97 Å². The maximum absolute atomic E-state index is 13.4. The second kappa shape index (κ2) is 5.85. The molecule has 1 aromatic rings. The van der Waals surface area contributed by atoms with Gasteiger partial charge in [-0.15, -0.1) is 0 Å². The summed E-state index contributed by atoms with van der Waals surface area (Å²) in [6, 6.07) is 3.04. The molecule has 0 bridgehead atoms. The fourth-order valence-electron chi connectivity index (χ4n) is 1.37. The highest BCUT2D eigenvalue weighted by Gasteiger charge is 2.26. The minimum atomic E-state index is -1.03. The number of hydrogen-bond donors (Lipinski definition) is 0. The summed E-state index contributed by atoms with van der Waals surface area (Å²) in [5.41, 5.74) is -1.36. The molecule has 18 heavy (non-hydrogen) atoms. The molecule has 96 valence electrons. The first-order valence-corrected chi connectivity index (χ1v) is 5.09. The van der Waals surface area contributed by atoms with Gasteiger partial charge in [0.1, 0.15) is 17.8 Å². The number of esters is 1. The summed E-state index contributed by atoms with van der Waals surface area (Å²) >= 11 is 0. The summed E-state index contributed by atoms with van der Waals surface area (Å²) < 4.78 is 17.9. The molecule has 1 rings (SSSR count). The maximum atomic E-state index is 13.4. The van der Waals surface area contributed by atoms with Gasteiger partial charge in [0.2, 0.25) is 0 Å². The van der Waals surface area contributed by atoms with E-state index in [0.717, 1.165) is 18.2 Å². The molecular weight excluding hydrogens is 245 g/mol. The van der Waals surface area contributed by atoms with Gasteiger partial charge in [0, 0.05) is 6.07 Å². The van der Waals surface area contributed by atoms with E-state index in [4.69, 9.17) is 0 Å². The zero-order valence-electron chi connectivity index (χ0n) is 9.51. The number of carbonyl (C=O) groups is 2. The average Bonchev–Trinajstić information content (AvgIpc) is 2.28. The van der Waals surface area contributed by atoms with Crippen LogP contribution in [0.4, 0.5) is 10.1 Å². The van der Waals surface area contributed by atoms with Crippen molar-refractivity contribution < 1.29 is 23.6 Å². The van der Waals surface area contributed by atoms with E-state index >= 15 is 0 Å². The molecule has 0 atom stereocenters. The third-order valence-corrected chi connectivity index (χ3v) is 2.08. The van der Waals surface area contributed by atoms with Gasteiger partial charge in [0.25, 0.3) is 5.69 Å². The maximum Gasteiger partial charge on any atom is 0.313 e. The molecule has 6 nitrogen and oxygen atoms in total. The number of ketones is 1. The van der Waals surface area contributed by atoms with Gasteiger partial charge < -0.3 is 4.74 Å². The fourth-order valence-corrected chi connectivity index (χ4v) is 1.37. The Morgan fingerprint density at radius 2 is 2.11 bits per heavy atom. The number of hydrogen-bond acceptors (Lipinski definition) is 5. The third-order valence-electron chi connectivity index (χ3n) is 2.08. The van der Waals surface area contributed by atoms with Gasteiger partial charge in [-0.25, -0.2) is 4.39 Å². The van der Waals surface area contributed by atoms with Crippen molar-refractivity contribution in [2.45, 2.75) is 13.3 Å². The molecule has 0 aliphatic carbocycles. The lowest BCUT2D eigenvalue weighted by molar-refractivity contribution is -0.385. The molecule has 0 saturated carbocycles. The third kappa shape index (κ3) is 3.09. The van der Waals surface area contributed by atoms with Crippen LogP contribution >= 0.6 is 0 Å². The highest BCUT2D eigenvalue weighted by Crippen LogP contribution is 2.22. The molecule has 0 aromatic heterocycles. The second-order valence-electron chi connectivity index (χ2n) is 3.30. The number of nitrogens with zero attached hydrogens (tertiary/aromatic N) is 1. The van der Waals surface area contributed by atoms with E-state index in [1.807, 2.05) is 0 Å². The predicted octanol–water partition coefficient (Wildman–Crippen LogP) is 1.87. The van der Waals surface area contributed by atoms with Crippen LogP contribution in [0.15, 0.2) is 18.2 Å². The van der Waals surface area contributed by atoms with Crippen molar-refractivity contribution >= 4 is 17.4 Å². The predicted molar refractivity (Wildman–Crippen MR) is 58.6 cm³/mol. The monoisotopic (exact) mass is 255 g/mol. The van der Waals surface area contributed by atoms with Gasteiger partial charge in [-0.1, -0.05) is 6.07 Å². The van der Waals surface area contributed by atoms with Gasteiger partial charge in [0.15, 0.2) is 5.78 Å².